The van der Waals surface area contributed by atoms with E-state index in [1.165, 1.54) is 18.4 Å². The first kappa shape index (κ1) is 16.1. The molecule has 1 N–H and O–H groups in total. The molecule has 5 heteroatoms. The van der Waals surface area contributed by atoms with Crippen LogP contribution in [-0.2, 0) is 10.0 Å². The van der Waals surface area contributed by atoms with Crippen molar-refractivity contribution >= 4 is 10.0 Å². The monoisotopic (exact) mass is 285 g/mol. The summed E-state index contributed by atoms with van der Waals surface area (Å²) in [4.78, 5) is 0.271. The van der Waals surface area contributed by atoms with Crippen LogP contribution in [0, 0.1) is 5.92 Å². The lowest BCUT2D eigenvalue weighted by molar-refractivity contribution is 0.102. The molecule has 0 aromatic heterocycles. The Labute approximate surface area is 116 Å². The third-order valence-electron chi connectivity index (χ3n) is 3.38. The molecule has 2 atom stereocenters. The standard InChI is InChI=1S/C14H23NO3S/c1-10(2)14(16)11(3)12-6-8-13(9-7-12)19(17,18)15(4)5/h6-11,14,16H,1-5H3. The van der Waals surface area contributed by atoms with Gasteiger partial charge in [-0.05, 0) is 23.6 Å². The van der Waals surface area contributed by atoms with Crippen LogP contribution in [0.4, 0.5) is 0 Å². The number of aliphatic hydroxyl groups is 1. The second-order valence-electron chi connectivity index (χ2n) is 5.38. The quantitative estimate of drug-likeness (QED) is 0.901. The van der Waals surface area contributed by atoms with Gasteiger partial charge in [0.05, 0.1) is 11.0 Å². The minimum absolute atomic E-state index is 0.0175. The lowest BCUT2D eigenvalue weighted by Gasteiger charge is -2.22. The molecule has 0 amide bonds. The van der Waals surface area contributed by atoms with Gasteiger partial charge in [0.2, 0.25) is 10.0 Å². The first-order valence-corrected chi connectivity index (χ1v) is 7.82. The van der Waals surface area contributed by atoms with Gasteiger partial charge in [0.25, 0.3) is 0 Å². The summed E-state index contributed by atoms with van der Waals surface area (Å²) in [5.74, 6) is 0.149. The number of benzene rings is 1. The summed E-state index contributed by atoms with van der Waals surface area (Å²) in [6.45, 7) is 5.87. The molecule has 4 nitrogen and oxygen atoms in total. The summed E-state index contributed by atoms with van der Waals surface area (Å²) in [6, 6.07) is 6.72. The van der Waals surface area contributed by atoms with Gasteiger partial charge in [-0.1, -0.05) is 32.9 Å². The Morgan fingerprint density at radius 3 is 1.89 bits per heavy atom. The Bertz CT molecular complexity index is 506. The van der Waals surface area contributed by atoms with Gasteiger partial charge in [-0.25, -0.2) is 12.7 Å². The van der Waals surface area contributed by atoms with Gasteiger partial charge in [-0.2, -0.15) is 0 Å². The topological polar surface area (TPSA) is 57.6 Å². The first-order valence-electron chi connectivity index (χ1n) is 6.38. The Balaban J connectivity index is 3.01. The molecule has 0 radical (unpaired) electrons. The molecular weight excluding hydrogens is 262 g/mol. The molecule has 0 saturated heterocycles. The van der Waals surface area contributed by atoms with Crippen LogP contribution in [0.5, 0.6) is 0 Å². The van der Waals surface area contributed by atoms with Crippen LogP contribution in [0.1, 0.15) is 32.3 Å². The van der Waals surface area contributed by atoms with E-state index in [2.05, 4.69) is 0 Å². The van der Waals surface area contributed by atoms with E-state index in [0.29, 0.717) is 0 Å². The van der Waals surface area contributed by atoms with Crippen molar-refractivity contribution in [1.82, 2.24) is 4.31 Å². The van der Waals surface area contributed by atoms with Crippen molar-refractivity contribution in [3.63, 3.8) is 0 Å². The zero-order chi connectivity index (χ0) is 14.8. The van der Waals surface area contributed by atoms with E-state index in [0.717, 1.165) is 5.56 Å². The van der Waals surface area contributed by atoms with E-state index in [1.807, 2.05) is 20.8 Å². The molecular formula is C14H23NO3S. The van der Waals surface area contributed by atoms with Gasteiger partial charge < -0.3 is 5.11 Å². The first-order chi connectivity index (χ1) is 8.67. The fourth-order valence-corrected chi connectivity index (χ4v) is 2.83. The van der Waals surface area contributed by atoms with Gasteiger partial charge in [0.15, 0.2) is 0 Å². The summed E-state index contributed by atoms with van der Waals surface area (Å²) >= 11 is 0. The Morgan fingerprint density at radius 1 is 1.05 bits per heavy atom. The minimum atomic E-state index is -3.39. The third-order valence-corrected chi connectivity index (χ3v) is 5.21. The Morgan fingerprint density at radius 2 is 1.53 bits per heavy atom. The molecule has 1 rings (SSSR count). The summed E-state index contributed by atoms with van der Waals surface area (Å²) in [5, 5.41) is 10.0. The van der Waals surface area contributed by atoms with Gasteiger partial charge in [0.1, 0.15) is 0 Å². The molecule has 0 aliphatic carbocycles. The highest BCUT2D eigenvalue weighted by Gasteiger charge is 2.21. The highest BCUT2D eigenvalue weighted by atomic mass is 32.2. The van der Waals surface area contributed by atoms with Crippen LogP contribution < -0.4 is 0 Å². The third kappa shape index (κ3) is 3.55. The van der Waals surface area contributed by atoms with E-state index in [-0.39, 0.29) is 16.7 Å². The zero-order valence-electron chi connectivity index (χ0n) is 12.2. The van der Waals surface area contributed by atoms with Crippen molar-refractivity contribution in [2.75, 3.05) is 14.1 Å². The minimum Gasteiger partial charge on any atom is -0.392 e. The summed E-state index contributed by atoms with van der Waals surface area (Å²) in [7, 11) is -0.368. The second-order valence-corrected chi connectivity index (χ2v) is 7.53. The lowest BCUT2D eigenvalue weighted by atomic mass is 9.89. The predicted octanol–water partition coefficient (Wildman–Crippen LogP) is 2.06. The van der Waals surface area contributed by atoms with Crippen LogP contribution in [0.25, 0.3) is 0 Å². The molecule has 19 heavy (non-hydrogen) atoms. The molecule has 0 spiro atoms. The Kier molecular flexibility index (Phi) is 5.12. The van der Waals surface area contributed by atoms with Crippen molar-refractivity contribution in [2.24, 2.45) is 5.92 Å². The van der Waals surface area contributed by atoms with E-state index < -0.39 is 16.1 Å². The maximum absolute atomic E-state index is 11.9. The fourth-order valence-electron chi connectivity index (χ4n) is 1.93. The highest BCUT2D eigenvalue weighted by molar-refractivity contribution is 7.89. The lowest BCUT2D eigenvalue weighted by Crippen LogP contribution is -2.23. The molecule has 0 heterocycles. The summed E-state index contributed by atoms with van der Waals surface area (Å²) in [6.07, 6.45) is -0.434. The molecule has 0 saturated carbocycles. The summed E-state index contributed by atoms with van der Waals surface area (Å²) in [5.41, 5.74) is 0.943. The van der Waals surface area contributed by atoms with Gasteiger partial charge in [0, 0.05) is 20.0 Å². The fraction of sp³-hybridized carbons (Fsp3) is 0.571. The van der Waals surface area contributed by atoms with Crippen molar-refractivity contribution in [1.29, 1.82) is 0 Å². The SMILES string of the molecule is CC(C)C(O)C(C)c1ccc(S(=O)(=O)N(C)C)cc1. The van der Waals surface area contributed by atoms with E-state index in [4.69, 9.17) is 0 Å². The van der Waals surface area contributed by atoms with Gasteiger partial charge in [-0.3, -0.25) is 0 Å². The smallest absolute Gasteiger partial charge is 0.242 e. The summed E-state index contributed by atoms with van der Waals surface area (Å²) < 4.78 is 25.1. The number of nitrogens with zero attached hydrogens (tertiary/aromatic N) is 1. The van der Waals surface area contributed by atoms with Crippen LogP contribution >= 0.6 is 0 Å². The van der Waals surface area contributed by atoms with Crippen LogP contribution in [0.15, 0.2) is 29.2 Å². The van der Waals surface area contributed by atoms with E-state index >= 15 is 0 Å². The molecule has 0 aliphatic rings. The molecule has 0 aliphatic heterocycles. The molecule has 108 valence electrons. The van der Waals surface area contributed by atoms with Crippen molar-refractivity contribution in [3.05, 3.63) is 29.8 Å². The predicted molar refractivity (Wildman–Crippen MR) is 76.6 cm³/mol. The average molecular weight is 285 g/mol. The normalized spacial score (nSPS) is 15.8. The Hall–Kier alpha value is -0.910. The highest BCUT2D eigenvalue weighted by Crippen LogP contribution is 2.25. The molecule has 2 unspecified atom stereocenters. The van der Waals surface area contributed by atoms with Crippen LogP contribution in [-0.4, -0.2) is 38.0 Å². The van der Waals surface area contributed by atoms with Gasteiger partial charge >= 0.3 is 0 Å². The number of hydrogen-bond donors (Lipinski definition) is 1. The van der Waals surface area contributed by atoms with Crippen molar-refractivity contribution in [3.8, 4) is 0 Å². The zero-order valence-corrected chi connectivity index (χ0v) is 13.0. The number of hydrogen-bond acceptors (Lipinski definition) is 3. The molecule has 1 aromatic rings. The number of sulfonamides is 1. The maximum Gasteiger partial charge on any atom is 0.242 e. The van der Waals surface area contributed by atoms with Crippen molar-refractivity contribution < 1.29 is 13.5 Å². The van der Waals surface area contributed by atoms with E-state index in [9.17, 15) is 13.5 Å². The number of rotatable bonds is 5. The molecule has 1 aromatic carbocycles. The largest absolute Gasteiger partial charge is 0.392 e. The van der Waals surface area contributed by atoms with Gasteiger partial charge in [-0.15, -0.1) is 0 Å². The maximum atomic E-state index is 11.9. The van der Waals surface area contributed by atoms with Crippen LogP contribution in [0.2, 0.25) is 0 Å². The molecule has 0 fully saturated rings. The average Bonchev–Trinajstić information content (AvgIpc) is 2.36. The second kappa shape index (κ2) is 6.03. The van der Waals surface area contributed by atoms with E-state index in [1.54, 1.807) is 24.3 Å². The van der Waals surface area contributed by atoms with Crippen molar-refractivity contribution in [2.45, 2.75) is 37.7 Å². The molecule has 0 bridgehead atoms. The number of aliphatic hydroxyl groups excluding tert-OH is 1. The van der Waals surface area contributed by atoms with Crippen LogP contribution in [0.3, 0.4) is 0 Å².